The van der Waals surface area contributed by atoms with Gasteiger partial charge in [-0.2, -0.15) is 0 Å². The van der Waals surface area contributed by atoms with Crippen LogP contribution >= 0.6 is 11.3 Å². The smallest absolute Gasteiger partial charge is 0.248 e. The molecular formula is C20H20N2O4S. The first-order chi connectivity index (χ1) is 13.2. The van der Waals surface area contributed by atoms with E-state index in [-0.39, 0.29) is 18.3 Å². The standard InChI is InChI=1S/C20H20N2O4S/c1-2-25-12-18(24)22-7-8-26-19-14(11-22)9-13(10-16(19)23)20-21-15-5-3-4-6-17(15)27-20/h3-6,9-10,23H,2,7-8,11-12H2,1H3. The highest BCUT2D eigenvalue weighted by atomic mass is 32.1. The van der Waals surface area contributed by atoms with Gasteiger partial charge in [0, 0.05) is 24.3 Å². The zero-order chi connectivity index (χ0) is 18.8. The summed E-state index contributed by atoms with van der Waals surface area (Å²) >= 11 is 1.57. The van der Waals surface area contributed by atoms with Crippen LogP contribution in [0, 0.1) is 0 Å². The maximum absolute atomic E-state index is 12.3. The quantitative estimate of drug-likeness (QED) is 0.746. The topological polar surface area (TPSA) is 71.9 Å². The summed E-state index contributed by atoms with van der Waals surface area (Å²) in [5.41, 5.74) is 2.51. The van der Waals surface area contributed by atoms with Gasteiger partial charge in [-0.1, -0.05) is 12.1 Å². The van der Waals surface area contributed by atoms with E-state index >= 15 is 0 Å². The van der Waals surface area contributed by atoms with E-state index in [1.54, 1.807) is 22.3 Å². The van der Waals surface area contributed by atoms with Crippen molar-refractivity contribution in [3.05, 3.63) is 42.0 Å². The number of carbonyl (C=O) groups excluding carboxylic acids is 1. The van der Waals surface area contributed by atoms with Crippen molar-refractivity contribution in [1.29, 1.82) is 0 Å². The van der Waals surface area contributed by atoms with Gasteiger partial charge in [-0.15, -0.1) is 11.3 Å². The number of phenols is 1. The lowest BCUT2D eigenvalue weighted by Gasteiger charge is -2.19. The molecule has 2 aromatic carbocycles. The normalized spacial score (nSPS) is 13.9. The number of carbonyl (C=O) groups is 1. The molecule has 1 aromatic heterocycles. The summed E-state index contributed by atoms with van der Waals surface area (Å²) in [6.07, 6.45) is 0. The number of aromatic nitrogens is 1. The number of ether oxygens (including phenoxy) is 2. The lowest BCUT2D eigenvalue weighted by Crippen LogP contribution is -2.35. The first-order valence-corrected chi connectivity index (χ1v) is 9.67. The zero-order valence-corrected chi connectivity index (χ0v) is 15.8. The van der Waals surface area contributed by atoms with Crippen molar-refractivity contribution >= 4 is 27.5 Å². The Bertz CT molecular complexity index is 952. The average molecular weight is 384 g/mol. The van der Waals surface area contributed by atoms with Gasteiger partial charge in [0.25, 0.3) is 0 Å². The molecule has 27 heavy (non-hydrogen) atoms. The minimum Gasteiger partial charge on any atom is -0.504 e. The lowest BCUT2D eigenvalue weighted by atomic mass is 10.1. The summed E-state index contributed by atoms with van der Waals surface area (Å²) in [4.78, 5) is 18.7. The fraction of sp³-hybridized carbons (Fsp3) is 0.300. The Hall–Kier alpha value is -2.64. The molecule has 0 aliphatic carbocycles. The lowest BCUT2D eigenvalue weighted by molar-refractivity contribution is -0.136. The largest absolute Gasteiger partial charge is 0.504 e. The first-order valence-electron chi connectivity index (χ1n) is 8.86. The van der Waals surface area contributed by atoms with Gasteiger partial charge in [0.1, 0.15) is 18.2 Å². The second-order valence-electron chi connectivity index (χ2n) is 6.27. The van der Waals surface area contributed by atoms with Crippen LogP contribution in [-0.2, 0) is 16.1 Å². The predicted molar refractivity (Wildman–Crippen MR) is 104 cm³/mol. The van der Waals surface area contributed by atoms with Crippen molar-refractivity contribution in [3.63, 3.8) is 0 Å². The minimum absolute atomic E-state index is 0.0510. The van der Waals surface area contributed by atoms with Gasteiger partial charge in [0.2, 0.25) is 5.91 Å². The van der Waals surface area contributed by atoms with Crippen molar-refractivity contribution in [2.24, 2.45) is 0 Å². The summed E-state index contributed by atoms with van der Waals surface area (Å²) in [5, 5.41) is 11.3. The van der Waals surface area contributed by atoms with E-state index in [1.165, 1.54) is 0 Å². The molecule has 1 amide bonds. The maximum atomic E-state index is 12.3. The molecule has 0 spiro atoms. The molecule has 0 bridgehead atoms. The number of benzene rings is 2. The second kappa shape index (κ2) is 7.54. The Morgan fingerprint density at radius 2 is 2.22 bits per heavy atom. The number of aromatic hydroxyl groups is 1. The maximum Gasteiger partial charge on any atom is 0.248 e. The van der Waals surface area contributed by atoms with E-state index in [2.05, 4.69) is 4.98 Å². The monoisotopic (exact) mass is 384 g/mol. The van der Waals surface area contributed by atoms with E-state index in [4.69, 9.17) is 9.47 Å². The molecule has 0 saturated carbocycles. The van der Waals surface area contributed by atoms with Crippen LogP contribution in [0.25, 0.3) is 20.8 Å². The number of amides is 1. The van der Waals surface area contributed by atoms with E-state index in [0.717, 1.165) is 26.4 Å². The van der Waals surface area contributed by atoms with E-state index < -0.39 is 0 Å². The van der Waals surface area contributed by atoms with Crippen molar-refractivity contribution in [1.82, 2.24) is 9.88 Å². The van der Waals surface area contributed by atoms with Gasteiger partial charge in [-0.3, -0.25) is 4.79 Å². The summed E-state index contributed by atoms with van der Waals surface area (Å²) in [6, 6.07) is 11.5. The van der Waals surface area contributed by atoms with Gasteiger partial charge in [0.15, 0.2) is 11.5 Å². The molecule has 2 heterocycles. The molecule has 3 aromatic rings. The molecule has 0 atom stereocenters. The van der Waals surface area contributed by atoms with Crippen molar-refractivity contribution in [2.75, 3.05) is 26.4 Å². The summed E-state index contributed by atoms with van der Waals surface area (Å²) in [5.74, 6) is 0.422. The number of hydrogen-bond acceptors (Lipinski definition) is 6. The van der Waals surface area contributed by atoms with Crippen LogP contribution in [0.3, 0.4) is 0 Å². The van der Waals surface area contributed by atoms with E-state index in [0.29, 0.717) is 32.1 Å². The number of thiazole rings is 1. The summed E-state index contributed by atoms with van der Waals surface area (Å²) in [6.45, 7) is 3.56. The van der Waals surface area contributed by atoms with Gasteiger partial charge in [-0.25, -0.2) is 4.98 Å². The number of rotatable bonds is 4. The SMILES string of the molecule is CCOCC(=O)N1CCOc2c(O)cc(-c3nc4ccccc4s3)cc2C1. The van der Waals surface area contributed by atoms with Crippen LogP contribution in [0.1, 0.15) is 12.5 Å². The van der Waals surface area contributed by atoms with Crippen LogP contribution in [0.2, 0.25) is 0 Å². The Morgan fingerprint density at radius 1 is 1.37 bits per heavy atom. The molecule has 0 radical (unpaired) electrons. The molecule has 7 heteroatoms. The Morgan fingerprint density at radius 3 is 3.04 bits per heavy atom. The number of fused-ring (bicyclic) bond motifs is 2. The second-order valence-corrected chi connectivity index (χ2v) is 7.30. The molecule has 1 N–H and O–H groups in total. The fourth-order valence-corrected chi connectivity index (χ4v) is 4.06. The molecule has 0 saturated heterocycles. The van der Waals surface area contributed by atoms with Crippen LogP contribution in [0.15, 0.2) is 36.4 Å². The Kier molecular flexibility index (Phi) is 4.96. The van der Waals surface area contributed by atoms with Crippen LogP contribution < -0.4 is 4.74 Å². The molecule has 1 aliphatic rings. The summed E-state index contributed by atoms with van der Waals surface area (Å²) < 4.78 is 12.0. The molecular weight excluding hydrogens is 364 g/mol. The molecule has 0 fully saturated rings. The van der Waals surface area contributed by atoms with E-state index in [1.807, 2.05) is 37.3 Å². The number of para-hydroxylation sites is 1. The van der Waals surface area contributed by atoms with Crippen LogP contribution in [-0.4, -0.2) is 47.3 Å². The van der Waals surface area contributed by atoms with Gasteiger partial charge in [-0.05, 0) is 31.2 Å². The fourth-order valence-electron chi connectivity index (χ4n) is 3.11. The average Bonchev–Trinajstić information content (AvgIpc) is 2.98. The molecule has 140 valence electrons. The van der Waals surface area contributed by atoms with Crippen LogP contribution in [0.4, 0.5) is 0 Å². The third-order valence-electron chi connectivity index (χ3n) is 4.44. The summed E-state index contributed by atoms with van der Waals surface area (Å²) in [7, 11) is 0. The first kappa shape index (κ1) is 17.8. The highest BCUT2D eigenvalue weighted by Gasteiger charge is 2.23. The number of hydrogen-bond donors (Lipinski definition) is 1. The minimum atomic E-state index is -0.0850. The van der Waals surface area contributed by atoms with Gasteiger partial charge >= 0.3 is 0 Å². The molecule has 6 nitrogen and oxygen atoms in total. The zero-order valence-electron chi connectivity index (χ0n) is 15.0. The van der Waals surface area contributed by atoms with Gasteiger partial charge in [0.05, 0.1) is 16.8 Å². The van der Waals surface area contributed by atoms with Crippen molar-refractivity contribution in [2.45, 2.75) is 13.5 Å². The predicted octanol–water partition coefficient (Wildman–Crippen LogP) is 3.43. The van der Waals surface area contributed by atoms with E-state index in [9.17, 15) is 9.90 Å². The highest BCUT2D eigenvalue weighted by Crippen LogP contribution is 2.39. The van der Waals surface area contributed by atoms with Crippen LogP contribution in [0.5, 0.6) is 11.5 Å². The molecule has 0 unspecified atom stereocenters. The third-order valence-corrected chi connectivity index (χ3v) is 5.52. The van der Waals surface area contributed by atoms with Crippen molar-refractivity contribution < 1.29 is 19.4 Å². The molecule has 1 aliphatic heterocycles. The Balaban J connectivity index is 1.68. The Labute approximate surface area is 161 Å². The number of nitrogens with zero attached hydrogens (tertiary/aromatic N) is 2. The third kappa shape index (κ3) is 3.61. The van der Waals surface area contributed by atoms with Crippen molar-refractivity contribution in [3.8, 4) is 22.1 Å². The number of phenolic OH excluding ortho intramolecular Hbond substituents is 1. The van der Waals surface area contributed by atoms with Gasteiger partial charge < -0.3 is 19.5 Å². The molecule has 4 rings (SSSR count). The highest BCUT2D eigenvalue weighted by molar-refractivity contribution is 7.21.